The predicted octanol–water partition coefficient (Wildman–Crippen LogP) is 10.7. The summed E-state index contributed by atoms with van der Waals surface area (Å²) >= 11 is 0. The number of para-hydroxylation sites is 5. The van der Waals surface area contributed by atoms with Crippen molar-refractivity contribution in [2.45, 2.75) is 6.04 Å². The Bertz CT molecular complexity index is 2860. The summed E-state index contributed by atoms with van der Waals surface area (Å²) in [5.41, 5.74) is 11.3. The van der Waals surface area contributed by atoms with Gasteiger partial charge in [-0.15, -0.1) is 0 Å². The maximum Gasteiger partial charge on any atom is 0.255 e. The summed E-state index contributed by atoms with van der Waals surface area (Å²) in [6, 6.07) is 45.9. The standard InChI is InChI=1S/C42H26N3O/c1-2-12-26(13-3-1)43-33-18-6-4-14-27(33)31-24-39-32(25-38(31)43)29-16-10-21-36-41(29)45(39)35-20-8-7-19-34(35)44(36)37-22-11-17-30-28-15-5-9-23-40(28)46-42(30)37/h1-25,35H/q+1. The normalized spacial score (nSPS) is 15.8. The van der Waals surface area contributed by atoms with Gasteiger partial charge in [-0.25, -0.2) is 0 Å². The van der Waals surface area contributed by atoms with Gasteiger partial charge in [0.05, 0.1) is 16.6 Å². The predicted molar refractivity (Wildman–Crippen MR) is 191 cm³/mol. The zero-order valence-corrected chi connectivity index (χ0v) is 24.8. The van der Waals surface area contributed by atoms with Crippen molar-refractivity contribution in [3.8, 4) is 5.69 Å². The molecule has 0 saturated carbocycles. The van der Waals surface area contributed by atoms with Crippen LogP contribution in [0.25, 0.3) is 71.2 Å². The van der Waals surface area contributed by atoms with Crippen molar-refractivity contribution < 1.29 is 4.42 Å². The molecule has 11 rings (SSSR count). The average Bonchev–Trinajstić information content (AvgIpc) is 3.77. The summed E-state index contributed by atoms with van der Waals surface area (Å²) in [6.45, 7) is 0. The molecule has 4 nitrogen and oxygen atoms in total. The van der Waals surface area contributed by atoms with Crippen LogP contribution in [0, 0.1) is 0 Å². The van der Waals surface area contributed by atoms with E-state index in [1.54, 1.807) is 0 Å². The number of hydrogen-bond donors (Lipinski definition) is 0. The lowest BCUT2D eigenvalue weighted by molar-refractivity contribution is 0.665. The Kier molecular flexibility index (Phi) is 4.60. The first kappa shape index (κ1) is 24.2. The van der Waals surface area contributed by atoms with Crippen molar-refractivity contribution in [1.29, 1.82) is 0 Å². The summed E-state index contributed by atoms with van der Waals surface area (Å²) in [7, 11) is 0. The van der Waals surface area contributed by atoms with Crippen LogP contribution in [-0.2, 0) is 0 Å². The lowest BCUT2D eigenvalue weighted by Crippen LogP contribution is -2.30. The highest BCUT2D eigenvalue weighted by Crippen LogP contribution is 2.47. The molecule has 3 aromatic heterocycles. The van der Waals surface area contributed by atoms with Gasteiger partial charge in [-0.2, -0.15) is 4.58 Å². The third kappa shape index (κ3) is 3.01. The molecule has 9 aromatic rings. The lowest BCUT2D eigenvalue weighted by atomic mass is 10.0. The van der Waals surface area contributed by atoms with Gasteiger partial charge in [-0.05, 0) is 42.5 Å². The molecule has 1 atom stereocenters. The minimum absolute atomic E-state index is 0.0273. The first-order valence-electron chi connectivity index (χ1n) is 15.8. The van der Waals surface area contributed by atoms with Gasteiger partial charge in [0.1, 0.15) is 17.1 Å². The van der Waals surface area contributed by atoms with Crippen LogP contribution in [0.5, 0.6) is 0 Å². The second-order valence-electron chi connectivity index (χ2n) is 12.3. The molecular formula is C42H26N3O+. The van der Waals surface area contributed by atoms with Crippen molar-refractivity contribution >= 4 is 82.6 Å². The van der Waals surface area contributed by atoms with Gasteiger partial charge in [0.2, 0.25) is 17.0 Å². The summed E-state index contributed by atoms with van der Waals surface area (Å²) in [6.07, 6.45) is 8.92. The van der Waals surface area contributed by atoms with E-state index < -0.39 is 0 Å². The highest BCUT2D eigenvalue weighted by molar-refractivity contribution is 6.23. The SMILES string of the molecule is C1=CC2=[N+](c3cccc4c3oc3ccccc34)c3cccc4c5cc6c(cc5n(c34)C2C=C1)c1ccccc1n6-c1ccccc1. The average molecular weight is 589 g/mol. The fourth-order valence-corrected chi connectivity index (χ4v) is 8.13. The van der Waals surface area contributed by atoms with Crippen molar-refractivity contribution in [2.75, 3.05) is 0 Å². The maximum atomic E-state index is 6.59. The highest BCUT2D eigenvalue weighted by Gasteiger charge is 2.39. The van der Waals surface area contributed by atoms with Crippen LogP contribution < -0.4 is 4.58 Å². The third-order valence-electron chi connectivity index (χ3n) is 9.99. The molecule has 1 aliphatic heterocycles. The largest absolute Gasteiger partial charge is 0.449 e. The first-order chi connectivity index (χ1) is 22.8. The Morgan fingerprint density at radius 3 is 2.17 bits per heavy atom. The molecule has 2 aliphatic rings. The fraction of sp³-hybridized carbons (Fsp3) is 0.0238. The quantitative estimate of drug-likeness (QED) is 0.185. The van der Waals surface area contributed by atoms with Crippen LogP contribution in [0.1, 0.15) is 6.04 Å². The van der Waals surface area contributed by atoms with Gasteiger partial charge in [0, 0.05) is 56.2 Å². The molecule has 0 amide bonds. The smallest absolute Gasteiger partial charge is 0.255 e. The molecule has 1 unspecified atom stereocenters. The van der Waals surface area contributed by atoms with Crippen LogP contribution in [0.2, 0.25) is 0 Å². The van der Waals surface area contributed by atoms with E-state index in [0.29, 0.717) is 0 Å². The van der Waals surface area contributed by atoms with Crippen LogP contribution in [-0.4, -0.2) is 14.8 Å². The van der Waals surface area contributed by atoms with Crippen LogP contribution in [0.15, 0.2) is 156 Å². The Morgan fingerprint density at radius 1 is 0.543 bits per heavy atom. The Labute approximate surface area is 263 Å². The van der Waals surface area contributed by atoms with Gasteiger partial charge < -0.3 is 13.6 Å². The number of rotatable bonds is 2. The Balaban J connectivity index is 1.27. The van der Waals surface area contributed by atoms with E-state index in [1.165, 1.54) is 55.0 Å². The molecular weight excluding hydrogens is 562 g/mol. The zero-order chi connectivity index (χ0) is 29.9. The lowest BCUT2D eigenvalue weighted by Gasteiger charge is -2.24. The second kappa shape index (κ2) is 8.74. The zero-order valence-electron chi connectivity index (χ0n) is 24.8. The Morgan fingerprint density at radius 2 is 1.26 bits per heavy atom. The van der Waals surface area contributed by atoms with Gasteiger partial charge in [0.25, 0.3) is 5.69 Å². The fourth-order valence-electron chi connectivity index (χ4n) is 8.13. The second-order valence-corrected chi connectivity index (χ2v) is 12.3. The van der Waals surface area contributed by atoms with E-state index in [4.69, 9.17) is 4.42 Å². The minimum Gasteiger partial charge on any atom is -0.449 e. The number of furan rings is 1. The molecule has 0 spiro atoms. The molecule has 0 radical (unpaired) electrons. The molecule has 0 N–H and O–H groups in total. The summed E-state index contributed by atoms with van der Waals surface area (Å²) in [5.74, 6) is 0. The van der Waals surface area contributed by atoms with Gasteiger partial charge in [-0.3, -0.25) is 0 Å². The van der Waals surface area contributed by atoms with Crippen molar-refractivity contribution in [3.05, 3.63) is 152 Å². The molecule has 0 saturated heterocycles. The monoisotopic (exact) mass is 588 g/mol. The van der Waals surface area contributed by atoms with E-state index in [9.17, 15) is 0 Å². The Hall–Kier alpha value is -6.13. The highest BCUT2D eigenvalue weighted by atomic mass is 16.3. The number of nitrogens with zero attached hydrogens (tertiary/aromatic N) is 3. The van der Waals surface area contributed by atoms with E-state index in [1.807, 2.05) is 6.07 Å². The number of allylic oxidation sites excluding steroid dienone is 4. The van der Waals surface area contributed by atoms with Crippen LogP contribution >= 0.6 is 0 Å². The van der Waals surface area contributed by atoms with Gasteiger partial charge >= 0.3 is 0 Å². The van der Waals surface area contributed by atoms with Crippen LogP contribution in [0.4, 0.5) is 11.4 Å². The van der Waals surface area contributed by atoms with E-state index in [2.05, 4.69) is 159 Å². The van der Waals surface area contributed by atoms with Gasteiger partial charge in [0.15, 0.2) is 0 Å². The van der Waals surface area contributed by atoms with Crippen LogP contribution in [0.3, 0.4) is 0 Å². The van der Waals surface area contributed by atoms with Crippen molar-refractivity contribution in [3.63, 3.8) is 0 Å². The maximum absolute atomic E-state index is 6.59. The van der Waals surface area contributed by atoms with E-state index in [-0.39, 0.29) is 6.04 Å². The number of fused-ring (bicyclic) bond motifs is 11. The topological polar surface area (TPSA) is 26.0 Å². The van der Waals surface area contributed by atoms with Crippen molar-refractivity contribution in [2.24, 2.45) is 0 Å². The molecule has 6 aromatic carbocycles. The third-order valence-corrected chi connectivity index (χ3v) is 9.99. The molecule has 1 aliphatic carbocycles. The number of benzene rings is 6. The molecule has 0 bridgehead atoms. The molecule has 214 valence electrons. The molecule has 0 fully saturated rings. The number of hydrogen-bond acceptors (Lipinski definition) is 1. The molecule has 4 heterocycles. The molecule has 46 heavy (non-hydrogen) atoms. The van der Waals surface area contributed by atoms with Crippen molar-refractivity contribution in [1.82, 2.24) is 13.7 Å². The van der Waals surface area contributed by atoms with Gasteiger partial charge in [-0.1, -0.05) is 91.0 Å². The van der Waals surface area contributed by atoms with E-state index >= 15 is 0 Å². The molecule has 4 heteroatoms. The minimum atomic E-state index is 0.0273. The first-order valence-corrected chi connectivity index (χ1v) is 15.8. The van der Waals surface area contributed by atoms with E-state index in [0.717, 1.165) is 33.3 Å². The number of aromatic nitrogens is 2. The summed E-state index contributed by atoms with van der Waals surface area (Å²) in [4.78, 5) is 0. The summed E-state index contributed by atoms with van der Waals surface area (Å²) in [5, 5.41) is 7.31. The summed E-state index contributed by atoms with van der Waals surface area (Å²) < 4.78 is 14.0.